The standard InChI is InChI=1S/C11H21NO4S/c1-10(2,3)17(15,16)8-6-11(9(13)14)5-4-7-12-11/h12H,4-8H2,1-3H3,(H,13,14). The first-order valence-corrected chi connectivity index (χ1v) is 7.47. The summed E-state index contributed by atoms with van der Waals surface area (Å²) in [5.74, 6) is -1.03. The minimum Gasteiger partial charge on any atom is -0.480 e. The maximum atomic E-state index is 12.0. The van der Waals surface area contributed by atoms with E-state index in [2.05, 4.69) is 5.32 Å². The fourth-order valence-electron chi connectivity index (χ4n) is 1.92. The van der Waals surface area contributed by atoms with Gasteiger partial charge in [0, 0.05) is 0 Å². The smallest absolute Gasteiger partial charge is 0.323 e. The van der Waals surface area contributed by atoms with E-state index in [9.17, 15) is 18.3 Å². The Morgan fingerprint density at radius 3 is 2.35 bits per heavy atom. The monoisotopic (exact) mass is 263 g/mol. The minimum atomic E-state index is -3.26. The molecule has 17 heavy (non-hydrogen) atoms. The summed E-state index contributed by atoms with van der Waals surface area (Å²) in [5, 5.41) is 12.1. The number of aliphatic carboxylic acids is 1. The van der Waals surface area contributed by atoms with Gasteiger partial charge in [-0.2, -0.15) is 0 Å². The third-order valence-electron chi connectivity index (χ3n) is 3.38. The van der Waals surface area contributed by atoms with Crippen molar-refractivity contribution < 1.29 is 18.3 Å². The van der Waals surface area contributed by atoms with E-state index in [1.54, 1.807) is 20.8 Å². The van der Waals surface area contributed by atoms with E-state index in [1.165, 1.54) is 0 Å². The van der Waals surface area contributed by atoms with Crippen molar-refractivity contribution in [2.45, 2.75) is 50.3 Å². The molecule has 0 aromatic carbocycles. The molecule has 1 aliphatic heterocycles. The quantitative estimate of drug-likeness (QED) is 0.783. The first kappa shape index (κ1) is 14.4. The predicted octanol–water partition coefficient (Wildman–Crippen LogP) is 0.797. The van der Waals surface area contributed by atoms with Crippen LogP contribution in [0.3, 0.4) is 0 Å². The Morgan fingerprint density at radius 2 is 2.00 bits per heavy atom. The van der Waals surface area contributed by atoms with Crippen LogP contribution in [0, 0.1) is 0 Å². The van der Waals surface area contributed by atoms with Gasteiger partial charge in [-0.05, 0) is 46.6 Å². The highest BCUT2D eigenvalue weighted by Crippen LogP contribution is 2.26. The molecule has 1 aliphatic rings. The molecule has 1 atom stereocenters. The third-order valence-corrected chi connectivity index (χ3v) is 5.99. The highest BCUT2D eigenvalue weighted by molar-refractivity contribution is 7.92. The zero-order valence-corrected chi connectivity index (χ0v) is 11.4. The normalized spacial score (nSPS) is 26.1. The molecule has 1 rings (SSSR count). The Morgan fingerprint density at radius 1 is 1.41 bits per heavy atom. The van der Waals surface area contributed by atoms with Gasteiger partial charge in [0.25, 0.3) is 0 Å². The maximum absolute atomic E-state index is 12.0. The second-order valence-electron chi connectivity index (χ2n) is 5.60. The first-order valence-electron chi connectivity index (χ1n) is 5.81. The molecule has 5 nitrogen and oxygen atoms in total. The van der Waals surface area contributed by atoms with Gasteiger partial charge < -0.3 is 10.4 Å². The van der Waals surface area contributed by atoms with Crippen LogP contribution in [0.25, 0.3) is 0 Å². The zero-order valence-electron chi connectivity index (χ0n) is 10.6. The largest absolute Gasteiger partial charge is 0.480 e. The molecule has 100 valence electrons. The van der Waals surface area contributed by atoms with Crippen molar-refractivity contribution in [1.29, 1.82) is 0 Å². The second kappa shape index (κ2) is 4.57. The minimum absolute atomic E-state index is 0.0875. The summed E-state index contributed by atoms with van der Waals surface area (Å²) in [7, 11) is -3.26. The topological polar surface area (TPSA) is 83.5 Å². The molecule has 0 amide bonds. The lowest BCUT2D eigenvalue weighted by atomic mass is 9.95. The van der Waals surface area contributed by atoms with E-state index in [0.29, 0.717) is 13.0 Å². The summed E-state index contributed by atoms with van der Waals surface area (Å²) in [5.41, 5.74) is -1.04. The van der Waals surface area contributed by atoms with E-state index in [0.717, 1.165) is 6.42 Å². The Labute approximate surface area is 103 Å². The summed E-state index contributed by atoms with van der Waals surface area (Å²) in [4.78, 5) is 11.2. The molecular weight excluding hydrogens is 242 g/mol. The van der Waals surface area contributed by atoms with Crippen LogP contribution in [0.1, 0.15) is 40.0 Å². The number of hydrogen-bond donors (Lipinski definition) is 2. The van der Waals surface area contributed by atoms with Gasteiger partial charge in [0.1, 0.15) is 5.54 Å². The molecule has 2 N–H and O–H groups in total. The summed E-state index contributed by atoms with van der Waals surface area (Å²) in [6.45, 7) is 5.55. The van der Waals surface area contributed by atoms with E-state index < -0.39 is 26.1 Å². The van der Waals surface area contributed by atoms with Crippen molar-refractivity contribution in [3.05, 3.63) is 0 Å². The molecule has 1 heterocycles. The lowest BCUT2D eigenvalue weighted by molar-refractivity contribution is -0.144. The van der Waals surface area contributed by atoms with Crippen molar-refractivity contribution in [3.8, 4) is 0 Å². The molecule has 0 aromatic heterocycles. The molecule has 0 spiro atoms. The van der Waals surface area contributed by atoms with Crippen LogP contribution >= 0.6 is 0 Å². The fourth-order valence-corrected chi connectivity index (χ4v) is 3.15. The van der Waals surface area contributed by atoms with Gasteiger partial charge in [0.15, 0.2) is 9.84 Å². The van der Waals surface area contributed by atoms with Crippen LogP contribution in [-0.4, -0.2) is 42.1 Å². The Kier molecular flexibility index (Phi) is 3.88. The Balaban J connectivity index is 2.76. The molecule has 0 radical (unpaired) electrons. The number of nitrogens with one attached hydrogen (secondary N) is 1. The molecule has 0 aliphatic carbocycles. The van der Waals surface area contributed by atoms with Gasteiger partial charge >= 0.3 is 5.97 Å². The average Bonchev–Trinajstić information content (AvgIpc) is 2.62. The highest BCUT2D eigenvalue weighted by atomic mass is 32.2. The molecule has 0 bridgehead atoms. The molecule has 1 saturated heterocycles. The van der Waals surface area contributed by atoms with Gasteiger partial charge in [0.05, 0.1) is 10.5 Å². The average molecular weight is 263 g/mol. The van der Waals surface area contributed by atoms with Crippen molar-refractivity contribution in [1.82, 2.24) is 5.32 Å². The van der Waals surface area contributed by atoms with Crippen LogP contribution in [0.2, 0.25) is 0 Å². The van der Waals surface area contributed by atoms with Crippen LogP contribution in [0.5, 0.6) is 0 Å². The van der Waals surface area contributed by atoms with Crippen LogP contribution < -0.4 is 5.32 Å². The van der Waals surface area contributed by atoms with Gasteiger partial charge in [0.2, 0.25) is 0 Å². The van der Waals surface area contributed by atoms with Crippen LogP contribution in [-0.2, 0) is 14.6 Å². The van der Waals surface area contributed by atoms with E-state index >= 15 is 0 Å². The Hall–Kier alpha value is -0.620. The number of carboxylic acid groups (broad SMARTS) is 1. The SMILES string of the molecule is CC(C)(C)S(=O)(=O)CCC1(C(=O)O)CCCN1. The van der Waals surface area contributed by atoms with E-state index in [-0.39, 0.29) is 12.2 Å². The molecule has 1 unspecified atom stereocenters. The van der Waals surface area contributed by atoms with Gasteiger partial charge in [-0.1, -0.05) is 0 Å². The second-order valence-corrected chi connectivity index (χ2v) is 8.46. The van der Waals surface area contributed by atoms with Gasteiger partial charge in [-0.25, -0.2) is 8.42 Å². The zero-order chi connectivity index (χ0) is 13.3. The number of carboxylic acids is 1. The van der Waals surface area contributed by atoms with E-state index in [1.807, 2.05) is 0 Å². The first-order chi connectivity index (χ1) is 7.61. The number of sulfone groups is 1. The van der Waals surface area contributed by atoms with Crippen molar-refractivity contribution in [3.63, 3.8) is 0 Å². The van der Waals surface area contributed by atoms with Crippen molar-refractivity contribution in [2.24, 2.45) is 0 Å². The van der Waals surface area contributed by atoms with Crippen molar-refractivity contribution >= 4 is 15.8 Å². The fraction of sp³-hybridized carbons (Fsp3) is 0.909. The summed E-state index contributed by atoms with van der Waals surface area (Å²) in [6.07, 6.45) is 1.42. The van der Waals surface area contributed by atoms with Crippen LogP contribution in [0.4, 0.5) is 0 Å². The molecule has 0 saturated carbocycles. The number of carbonyl (C=O) groups is 1. The number of rotatable bonds is 4. The van der Waals surface area contributed by atoms with Gasteiger partial charge in [-0.15, -0.1) is 0 Å². The molecule has 0 aromatic rings. The Bertz CT molecular complexity index is 388. The highest BCUT2D eigenvalue weighted by Gasteiger charge is 2.43. The molecular formula is C11H21NO4S. The van der Waals surface area contributed by atoms with Gasteiger partial charge in [-0.3, -0.25) is 4.79 Å². The maximum Gasteiger partial charge on any atom is 0.323 e. The third kappa shape index (κ3) is 2.98. The lowest BCUT2D eigenvalue weighted by Gasteiger charge is -2.26. The molecule has 6 heteroatoms. The van der Waals surface area contributed by atoms with Crippen LogP contribution in [0.15, 0.2) is 0 Å². The van der Waals surface area contributed by atoms with Crippen molar-refractivity contribution in [2.75, 3.05) is 12.3 Å². The summed E-state index contributed by atoms with van der Waals surface area (Å²) < 4.78 is 23.1. The van der Waals surface area contributed by atoms with E-state index in [4.69, 9.17) is 0 Å². The summed E-state index contributed by atoms with van der Waals surface area (Å²) >= 11 is 0. The summed E-state index contributed by atoms with van der Waals surface area (Å²) in [6, 6.07) is 0. The molecule has 1 fully saturated rings. The number of hydrogen-bond acceptors (Lipinski definition) is 4. The lowest BCUT2D eigenvalue weighted by Crippen LogP contribution is -2.49. The predicted molar refractivity (Wildman–Crippen MR) is 65.8 cm³/mol.